The van der Waals surface area contributed by atoms with Gasteiger partial charge in [0.25, 0.3) is 17.1 Å². The number of nitro groups is 3. The fraction of sp³-hybridized carbons (Fsp3) is 0.485. The van der Waals surface area contributed by atoms with Gasteiger partial charge in [-0.05, 0) is 6.42 Å². The molecule has 13 nitrogen and oxygen atoms in total. The molecule has 2 aromatic rings. The summed E-state index contributed by atoms with van der Waals surface area (Å²) in [6.45, 7) is 2.22. The second-order valence-corrected chi connectivity index (χ2v) is 11.3. The average molecular weight is 632 g/mol. The lowest BCUT2D eigenvalue weighted by Gasteiger charge is -2.10. The Kier molecular flexibility index (Phi) is 13.3. The summed E-state index contributed by atoms with van der Waals surface area (Å²) in [5.41, 5.74) is -4.09. The number of esters is 1. The van der Waals surface area contributed by atoms with Crippen molar-refractivity contribution in [3.05, 3.63) is 76.9 Å². The zero-order chi connectivity index (χ0) is 33.6. The number of nitriles is 2. The van der Waals surface area contributed by atoms with Gasteiger partial charge < -0.3 is 4.74 Å². The number of allylic oxidation sites excluding steroid dienone is 1. The number of nitro benzene ring substituents is 3. The summed E-state index contributed by atoms with van der Waals surface area (Å²) < 4.78 is 5.44. The lowest BCUT2D eigenvalue weighted by molar-refractivity contribution is -0.393. The van der Waals surface area contributed by atoms with Crippen molar-refractivity contribution in [3.8, 4) is 23.3 Å². The third-order valence-corrected chi connectivity index (χ3v) is 8.06. The molecule has 46 heavy (non-hydrogen) atoms. The lowest BCUT2D eigenvalue weighted by atomic mass is 9.96. The number of hydrogen-bond acceptors (Lipinski definition) is 10. The highest BCUT2D eigenvalue weighted by molar-refractivity contribution is 6.13. The second kappa shape index (κ2) is 17.4. The topological polar surface area (TPSA) is 203 Å². The molecule has 0 unspecified atom stereocenters. The van der Waals surface area contributed by atoms with Gasteiger partial charge in [0.2, 0.25) is 0 Å². The molecule has 2 aromatic carbocycles. The summed E-state index contributed by atoms with van der Waals surface area (Å²) in [6, 6.07) is 6.85. The Morgan fingerprint density at radius 3 is 1.59 bits per heavy atom. The van der Waals surface area contributed by atoms with Crippen LogP contribution in [0.5, 0.6) is 0 Å². The smallest absolute Gasteiger partial charge is 0.339 e. The Morgan fingerprint density at radius 1 is 0.674 bits per heavy atom. The Hall–Kier alpha value is -5.17. The Morgan fingerprint density at radius 2 is 1.13 bits per heavy atom. The maximum absolute atomic E-state index is 13.3. The van der Waals surface area contributed by atoms with Crippen LogP contribution in [0.25, 0.3) is 16.7 Å². The average Bonchev–Trinajstić information content (AvgIpc) is 3.36. The quantitative estimate of drug-likeness (QED) is 0.0404. The third-order valence-electron chi connectivity index (χ3n) is 8.06. The molecule has 0 spiro atoms. The van der Waals surface area contributed by atoms with Crippen LogP contribution in [-0.4, -0.2) is 27.3 Å². The van der Waals surface area contributed by atoms with Crippen LogP contribution >= 0.6 is 0 Å². The van der Waals surface area contributed by atoms with Gasteiger partial charge in [-0.15, -0.1) is 0 Å². The molecule has 242 valence electrons. The largest absolute Gasteiger partial charge is 0.462 e. The number of ether oxygens (including phenoxy) is 1. The van der Waals surface area contributed by atoms with Crippen LogP contribution in [0.15, 0.2) is 29.8 Å². The standard InChI is InChI=1S/C33H37N5O8/c1-2-3-4-5-6-7-8-9-10-11-12-13-14-15-16-46-33(39)28-19-24(36(40)41)17-26-30(23(21-34)22-35)27-18-25(37(42)43)20-29(38(44)45)32(27)31(26)28/h17-20H,2-16H2,1H3. The van der Waals surface area contributed by atoms with Crippen molar-refractivity contribution in [2.75, 3.05) is 6.61 Å². The van der Waals surface area contributed by atoms with Crippen molar-refractivity contribution >= 4 is 28.6 Å². The highest BCUT2D eigenvalue weighted by Gasteiger charge is 2.40. The molecule has 3 rings (SSSR count). The lowest BCUT2D eigenvalue weighted by Crippen LogP contribution is -2.10. The zero-order valence-electron chi connectivity index (χ0n) is 25.9. The van der Waals surface area contributed by atoms with E-state index in [4.69, 9.17) is 4.74 Å². The molecule has 0 fully saturated rings. The van der Waals surface area contributed by atoms with E-state index in [1.807, 2.05) is 0 Å². The first-order valence-corrected chi connectivity index (χ1v) is 15.7. The molecular weight excluding hydrogens is 594 g/mol. The van der Waals surface area contributed by atoms with Gasteiger partial charge in [0.05, 0.1) is 38.6 Å². The summed E-state index contributed by atoms with van der Waals surface area (Å²) in [4.78, 5) is 46.2. The van der Waals surface area contributed by atoms with E-state index in [1.165, 1.54) is 57.8 Å². The fourth-order valence-electron chi connectivity index (χ4n) is 5.77. The Bertz CT molecular complexity index is 1590. The van der Waals surface area contributed by atoms with Gasteiger partial charge in [-0.2, -0.15) is 10.5 Å². The minimum atomic E-state index is -0.982. The van der Waals surface area contributed by atoms with E-state index in [0.29, 0.717) is 12.5 Å². The predicted octanol–water partition coefficient (Wildman–Crippen LogP) is 8.88. The molecule has 1 aliphatic rings. The summed E-state index contributed by atoms with van der Waals surface area (Å²) in [7, 11) is 0. The minimum Gasteiger partial charge on any atom is -0.462 e. The van der Waals surface area contributed by atoms with Gasteiger partial charge in [0, 0.05) is 40.5 Å². The molecular formula is C33H37N5O8. The number of carbonyl (C=O) groups excluding carboxylic acids is 1. The maximum atomic E-state index is 13.3. The number of unbranched alkanes of at least 4 members (excludes halogenated alkanes) is 13. The molecule has 1 aliphatic carbocycles. The van der Waals surface area contributed by atoms with E-state index in [-0.39, 0.29) is 40.0 Å². The van der Waals surface area contributed by atoms with Crippen molar-refractivity contribution in [1.29, 1.82) is 10.5 Å². The summed E-state index contributed by atoms with van der Waals surface area (Å²) in [5.74, 6) is -0.982. The highest BCUT2D eigenvalue weighted by atomic mass is 16.6. The van der Waals surface area contributed by atoms with Gasteiger partial charge in [-0.3, -0.25) is 30.3 Å². The minimum absolute atomic E-state index is 0.00782. The summed E-state index contributed by atoms with van der Waals surface area (Å²) >= 11 is 0. The molecule has 0 bridgehead atoms. The fourth-order valence-corrected chi connectivity index (χ4v) is 5.77. The van der Waals surface area contributed by atoms with Gasteiger partial charge in [0.1, 0.15) is 17.7 Å². The molecule has 0 aromatic heterocycles. The van der Waals surface area contributed by atoms with E-state index >= 15 is 0 Å². The molecule has 0 N–H and O–H groups in total. The number of carbonyl (C=O) groups is 1. The second-order valence-electron chi connectivity index (χ2n) is 11.3. The molecule has 0 saturated heterocycles. The van der Waals surface area contributed by atoms with Crippen molar-refractivity contribution in [2.45, 2.75) is 96.8 Å². The van der Waals surface area contributed by atoms with Crippen LogP contribution in [0.4, 0.5) is 17.1 Å². The van der Waals surface area contributed by atoms with Crippen LogP contribution in [-0.2, 0) is 4.74 Å². The number of benzene rings is 2. The molecule has 0 aliphatic heterocycles. The van der Waals surface area contributed by atoms with E-state index in [1.54, 1.807) is 12.1 Å². The van der Waals surface area contributed by atoms with Crippen molar-refractivity contribution < 1.29 is 24.3 Å². The van der Waals surface area contributed by atoms with Crippen molar-refractivity contribution in [1.82, 2.24) is 0 Å². The zero-order valence-corrected chi connectivity index (χ0v) is 25.9. The SMILES string of the molecule is CCCCCCCCCCCCCCCCOC(=O)c1cc([N+](=O)[O-])cc2c1-c1c(cc([N+](=O)[O-])cc1[N+](=O)[O-])C2=C(C#N)C#N. The predicted molar refractivity (Wildman–Crippen MR) is 170 cm³/mol. The highest BCUT2D eigenvalue weighted by Crippen LogP contribution is 2.53. The van der Waals surface area contributed by atoms with Crippen LogP contribution in [0, 0.1) is 53.0 Å². The van der Waals surface area contributed by atoms with Crippen LogP contribution in [0.3, 0.4) is 0 Å². The first kappa shape index (κ1) is 35.3. The Balaban J connectivity index is 1.73. The summed E-state index contributed by atoms with van der Waals surface area (Å²) in [5, 5.41) is 54.7. The maximum Gasteiger partial charge on any atom is 0.339 e. The van der Waals surface area contributed by atoms with Gasteiger partial charge in [0.15, 0.2) is 0 Å². The van der Waals surface area contributed by atoms with Gasteiger partial charge in [-0.1, -0.05) is 90.4 Å². The molecule has 13 heteroatoms. The molecule has 0 saturated carbocycles. The normalized spacial score (nSPS) is 11.2. The van der Waals surface area contributed by atoms with Crippen LogP contribution in [0.2, 0.25) is 0 Å². The monoisotopic (exact) mass is 631 g/mol. The molecule has 0 atom stereocenters. The summed E-state index contributed by atoms with van der Waals surface area (Å²) in [6.07, 6.45) is 16.0. The Labute approximate surface area is 266 Å². The number of non-ortho nitro benzene ring substituents is 2. The molecule has 0 amide bonds. The first-order chi connectivity index (χ1) is 22.2. The van der Waals surface area contributed by atoms with Gasteiger partial charge in [-0.25, -0.2) is 4.79 Å². The first-order valence-electron chi connectivity index (χ1n) is 15.7. The molecule has 0 radical (unpaired) electrons. The third kappa shape index (κ3) is 8.72. The van der Waals surface area contributed by atoms with Crippen molar-refractivity contribution in [2.24, 2.45) is 0 Å². The van der Waals surface area contributed by atoms with E-state index in [9.17, 15) is 45.7 Å². The van der Waals surface area contributed by atoms with Crippen LogP contribution < -0.4 is 0 Å². The number of nitrogens with zero attached hydrogens (tertiary/aromatic N) is 5. The van der Waals surface area contributed by atoms with Gasteiger partial charge >= 0.3 is 5.97 Å². The van der Waals surface area contributed by atoms with Crippen molar-refractivity contribution in [3.63, 3.8) is 0 Å². The van der Waals surface area contributed by atoms with E-state index in [0.717, 1.165) is 43.9 Å². The van der Waals surface area contributed by atoms with E-state index < -0.39 is 43.4 Å². The van der Waals surface area contributed by atoms with Crippen LogP contribution in [0.1, 0.15) is 118 Å². The number of hydrogen-bond donors (Lipinski definition) is 0. The number of rotatable bonds is 19. The molecule has 0 heterocycles. The van der Waals surface area contributed by atoms with E-state index in [2.05, 4.69) is 6.92 Å². The number of fused-ring (bicyclic) bond motifs is 3.